The van der Waals surface area contributed by atoms with Gasteiger partial charge in [-0.05, 0) is 50.5 Å². The molecule has 2 fully saturated rings. The van der Waals surface area contributed by atoms with Gasteiger partial charge in [0.2, 0.25) is 0 Å². The van der Waals surface area contributed by atoms with Crippen molar-refractivity contribution in [2.45, 2.75) is 57.4 Å². The first-order valence-corrected chi connectivity index (χ1v) is 7.03. The average molecular weight is 225 g/mol. The Hall–Kier alpha value is -0.0800. The molecule has 1 aliphatic heterocycles. The van der Waals surface area contributed by atoms with E-state index in [4.69, 9.17) is 4.74 Å². The summed E-state index contributed by atoms with van der Waals surface area (Å²) in [6.45, 7) is 4.57. The van der Waals surface area contributed by atoms with Crippen LogP contribution < -0.4 is 5.32 Å². The number of hydrogen-bond donors (Lipinski definition) is 1. The van der Waals surface area contributed by atoms with Gasteiger partial charge < -0.3 is 10.1 Å². The van der Waals surface area contributed by atoms with Crippen LogP contribution in [-0.2, 0) is 4.74 Å². The number of rotatable bonds is 5. The van der Waals surface area contributed by atoms with Gasteiger partial charge in [-0.15, -0.1) is 0 Å². The minimum Gasteiger partial charge on any atom is -0.385 e. The van der Waals surface area contributed by atoms with Gasteiger partial charge in [-0.1, -0.05) is 19.8 Å². The zero-order chi connectivity index (χ0) is 11.4. The Labute approximate surface area is 100 Å². The summed E-state index contributed by atoms with van der Waals surface area (Å²) in [5.41, 5.74) is 0.453. The lowest BCUT2D eigenvalue weighted by Gasteiger charge is -2.40. The second-order valence-electron chi connectivity index (χ2n) is 5.73. The lowest BCUT2D eigenvalue weighted by Crippen LogP contribution is -2.52. The Kier molecular flexibility index (Phi) is 4.26. The molecular weight excluding hydrogens is 198 g/mol. The molecule has 1 saturated carbocycles. The SMILES string of the molecule is COCCC(C)C1(C2CC2)CCCCCN1. The van der Waals surface area contributed by atoms with E-state index in [1.165, 1.54) is 51.5 Å². The van der Waals surface area contributed by atoms with E-state index >= 15 is 0 Å². The lowest BCUT2D eigenvalue weighted by molar-refractivity contribution is 0.121. The summed E-state index contributed by atoms with van der Waals surface area (Å²) >= 11 is 0. The van der Waals surface area contributed by atoms with Crippen molar-refractivity contribution in [2.24, 2.45) is 11.8 Å². The van der Waals surface area contributed by atoms with E-state index in [2.05, 4.69) is 12.2 Å². The van der Waals surface area contributed by atoms with Gasteiger partial charge >= 0.3 is 0 Å². The first-order valence-electron chi connectivity index (χ1n) is 7.03. The molecule has 2 nitrogen and oxygen atoms in total. The number of ether oxygens (including phenoxy) is 1. The molecule has 16 heavy (non-hydrogen) atoms. The molecular formula is C14H27NO. The van der Waals surface area contributed by atoms with Gasteiger partial charge in [0, 0.05) is 19.3 Å². The Morgan fingerprint density at radius 1 is 1.31 bits per heavy atom. The van der Waals surface area contributed by atoms with E-state index in [-0.39, 0.29) is 0 Å². The van der Waals surface area contributed by atoms with Gasteiger partial charge in [-0.2, -0.15) is 0 Å². The number of methoxy groups -OCH3 is 1. The molecule has 1 N–H and O–H groups in total. The van der Waals surface area contributed by atoms with E-state index < -0.39 is 0 Å². The molecule has 94 valence electrons. The van der Waals surface area contributed by atoms with E-state index in [1.807, 2.05) is 7.11 Å². The average Bonchev–Trinajstić information content (AvgIpc) is 3.10. The summed E-state index contributed by atoms with van der Waals surface area (Å²) in [4.78, 5) is 0. The van der Waals surface area contributed by atoms with Crippen molar-refractivity contribution < 1.29 is 4.74 Å². The predicted molar refractivity (Wildman–Crippen MR) is 67.6 cm³/mol. The van der Waals surface area contributed by atoms with Gasteiger partial charge in [-0.3, -0.25) is 0 Å². The zero-order valence-corrected chi connectivity index (χ0v) is 10.9. The Bertz CT molecular complexity index is 205. The zero-order valence-electron chi connectivity index (χ0n) is 10.9. The molecule has 2 atom stereocenters. The van der Waals surface area contributed by atoms with Gasteiger partial charge in [-0.25, -0.2) is 0 Å². The fourth-order valence-electron chi connectivity index (χ4n) is 3.45. The monoisotopic (exact) mass is 225 g/mol. The molecule has 1 aliphatic carbocycles. The second-order valence-corrected chi connectivity index (χ2v) is 5.73. The molecule has 1 heterocycles. The maximum absolute atomic E-state index is 5.25. The van der Waals surface area contributed by atoms with Crippen LogP contribution in [0.1, 0.15) is 51.9 Å². The van der Waals surface area contributed by atoms with Crippen LogP contribution in [0.2, 0.25) is 0 Å². The minimum absolute atomic E-state index is 0.453. The third-order valence-corrected chi connectivity index (χ3v) is 4.66. The van der Waals surface area contributed by atoms with Crippen molar-refractivity contribution in [3.63, 3.8) is 0 Å². The number of hydrogen-bond acceptors (Lipinski definition) is 2. The van der Waals surface area contributed by atoms with E-state index in [0.29, 0.717) is 5.54 Å². The Morgan fingerprint density at radius 3 is 2.81 bits per heavy atom. The fourth-order valence-corrected chi connectivity index (χ4v) is 3.45. The van der Waals surface area contributed by atoms with Crippen molar-refractivity contribution in [2.75, 3.05) is 20.3 Å². The van der Waals surface area contributed by atoms with Crippen LogP contribution in [0.5, 0.6) is 0 Å². The first-order chi connectivity index (χ1) is 7.79. The quantitative estimate of drug-likeness (QED) is 0.776. The molecule has 0 radical (unpaired) electrons. The summed E-state index contributed by atoms with van der Waals surface area (Å²) in [6, 6.07) is 0. The molecule has 2 unspecified atom stereocenters. The highest BCUT2D eigenvalue weighted by molar-refractivity contribution is 5.04. The van der Waals surface area contributed by atoms with Crippen LogP contribution >= 0.6 is 0 Å². The van der Waals surface area contributed by atoms with Crippen molar-refractivity contribution in [3.05, 3.63) is 0 Å². The fraction of sp³-hybridized carbons (Fsp3) is 1.00. The molecule has 0 aromatic rings. The van der Waals surface area contributed by atoms with Crippen LogP contribution in [0.3, 0.4) is 0 Å². The van der Waals surface area contributed by atoms with Crippen LogP contribution in [0.25, 0.3) is 0 Å². The second kappa shape index (κ2) is 5.50. The van der Waals surface area contributed by atoms with Crippen molar-refractivity contribution in [1.29, 1.82) is 0 Å². The Balaban J connectivity index is 2.00. The summed E-state index contributed by atoms with van der Waals surface area (Å²) in [7, 11) is 1.82. The largest absolute Gasteiger partial charge is 0.385 e. The summed E-state index contributed by atoms with van der Waals surface area (Å²) in [5, 5.41) is 3.91. The van der Waals surface area contributed by atoms with Crippen molar-refractivity contribution in [3.8, 4) is 0 Å². The van der Waals surface area contributed by atoms with Crippen LogP contribution in [0.15, 0.2) is 0 Å². The molecule has 0 aromatic carbocycles. The molecule has 0 spiro atoms. The normalized spacial score (nSPS) is 33.4. The topological polar surface area (TPSA) is 21.3 Å². The molecule has 1 saturated heterocycles. The van der Waals surface area contributed by atoms with Crippen LogP contribution in [0.4, 0.5) is 0 Å². The highest BCUT2D eigenvalue weighted by Gasteiger charge is 2.47. The maximum Gasteiger partial charge on any atom is 0.0465 e. The van der Waals surface area contributed by atoms with E-state index in [1.54, 1.807) is 0 Å². The molecule has 0 bridgehead atoms. The highest BCUT2D eigenvalue weighted by Crippen LogP contribution is 2.48. The van der Waals surface area contributed by atoms with Gasteiger partial charge in [0.15, 0.2) is 0 Å². The molecule has 0 amide bonds. The smallest absolute Gasteiger partial charge is 0.0465 e. The third kappa shape index (κ3) is 2.60. The minimum atomic E-state index is 0.453. The lowest BCUT2D eigenvalue weighted by atomic mass is 9.76. The van der Waals surface area contributed by atoms with Crippen molar-refractivity contribution in [1.82, 2.24) is 5.32 Å². The summed E-state index contributed by atoms with van der Waals surface area (Å²) < 4.78 is 5.25. The van der Waals surface area contributed by atoms with Gasteiger partial charge in [0.05, 0.1) is 0 Å². The standard InChI is InChI=1S/C14H27NO/c1-12(8-11-16-2)14(13-6-7-13)9-4-3-5-10-15-14/h12-13,15H,3-11H2,1-2H3. The predicted octanol–water partition coefficient (Wildman–Crippen LogP) is 2.97. The van der Waals surface area contributed by atoms with E-state index in [9.17, 15) is 0 Å². The van der Waals surface area contributed by atoms with E-state index in [0.717, 1.165) is 18.4 Å². The molecule has 2 rings (SSSR count). The highest BCUT2D eigenvalue weighted by atomic mass is 16.5. The molecule has 2 heteroatoms. The van der Waals surface area contributed by atoms with Gasteiger partial charge in [0.25, 0.3) is 0 Å². The Morgan fingerprint density at radius 2 is 2.12 bits per heavy atom. The summed E-state index contributed by atoms with van der Waals surface area (Å²) in [5.74, 6) is 1.72. The van der Waals surface area contributed by atoms with Crippen LogP contribution in [0, 0.1) is 11.8 Å². The maximum atomic E-state index is 5.25. The van der Waals surface area contributed by atoms with Crippen molar-refractivity contribution >= 4 is 0 Å². The third-order valence-electron chi connectivity index (χ3n) is 4.66. The van der Waals surface area contributed by atoms with Gasteiger partial charge in [0.1, 0.15) is 0 Å². The molecule has 2 aliphatic rings. The first kappa shape index (κ1) is 12.4. The molecule has 0 aromatic heterocycles. The summed E-state index contributed by atoms with van der Waals surface area (Å²) in [6.07, 6.45) is 9.70. The van der Waals surface area contributed by atoms with Crippen LogP contribution in [-0.4, -0.2) is 25.8 Å². The number of nitrogens with one attached hydrogen (secondary N) is 1.